The molecule has 2 atom stereocenters. The van der Waals surface area contributed by atoms with E-state index in [2.05, 4.69) is 17.3 Å². The van der Waals surface area contributed by atoms with Gasteiger partial charge >= 0.3 is 0 Å². The highest BCUT2D eigenvalue weighted by Gasteiger charge is 2.27. The van der Waals surface area contributed by atoms with Crippen LogP contribution < -0.4 is 5.32 Å². The third kappa shape index (κ3) is 4.70. The summed E-state index contributed by atoms with van der Waals surface area (Å²) in [5, 5.41) is 3.51. The minimum atomic E-state index is -3.01. The molecule has 0 amide bonds. The van der Waals surface area contributed by atoms with Gasteiger partial charge in [-0.2, -0.15) is 0 Å². The van der Waals surface area contributed by atoms with Crippen LogP contribution >= 0.6 is 0 Å². The molecule has 0 bridgehead atoms. The Kier molecular flexibility index (Phi) is 5.22. The van der Waals surface area contributed by atoms with E-state index in [-0.39, 0.29) is 0 Å². The fraction of sp³-hybridized carbons (Fsp3) is 1.00. The Morgan fingerprint density at radius 2 is 2.05 bits per heavy atom. The Bertz CT molecular complexity index is 379. The molecule has 2 aliphatic rings. The van der Waals surface area contributed by atoms with E-state index in [1.165, 1.54) is 19.1 Å². The summed E-state index contributed by atoms with van der Waals surface area (Å²) in [6.07, 6.45) is 6.01. The third-order valence-electron chi connectivity index (χ3n) is 4.22. The van der Waals surface area contributed by atoms with Crippen LogP contribution in [0.15, 0.2) is 0 Å². The zero-order valence-corrected chi connectivity index (χ0v) is 13.0. The van der Waals surface area contributed by atoms with Crippen molar-refractivity contribution in [3.8, 4) is 0 Å². The summed E-state index contributed by atoms with van der Waals surface area (Å²) in [4.78, 5) is 2.36. The van der Waals surface area contributed by atoms with E-state index in [0.29, 0.717) is 25.0 Å². The highest BCUT2D eigenvalue weighted by Crippen LogP contribution is 2.19. The van der Waals surface area contributed by atoms with E-state index in [1.807, 2.05) is 0 Å². The van der Waals surface area contributed by atoms with Gasteiger partial charge in [-0.15, -0.1) is 0 Å². The minimum Gasteiger partial charge on any atom is -0.313 e. The van der Waals surface area contributed by atoms with E-state index in [9.17, 15) is 8.42 Å². The first kappa shape index (κ1) is 15.2. The van der Waals surface area contributed by atoms with Gasteiger partial charge in [-0.1, -0.05) is 0 Å². The number of nitrogens with zero attached hydrogens (tertiary/aromatic N) is 2. The lowest BCUT2D eigenvalue weighted by atomic mass is 9.99. The summed E-state index contributed by atoms with van der Waals surface area (Å²) in [7, 11) is -0.862. The van der Waals surface area contributed by atoms with Crippen LogP contribution in [0.4, 0.5) is 0 Å². The van der Waals surface area contributed by atoms with Crippen LogP contribution in [0.2, 0.25) is 0 Å². The molecule has 19 heavy (non-hydrogen) atoms. The number of hydrogen-bond donors (Lipinski definition) is 1. The van der Waals surface area contributed by atoms with Crippen molar-refractivity contribution in [2.45, 2.75) is 31.7 Å². The summed E-state index contributed by atoms with van der Waals surface area (Å²) in [5.41, 5.74) is 0. The molecule has 0 spiro atoms. The molecule has 2 heterocycles. The first-order chi connectivity index (χ1) is 8.95. The highest BCUT2D eigenvalue weighted by atomic mass is 32.2. The van der Waals surface area contributed by atoms with Crippen LogP contribution in [0.1, 0.15) is 25.7 Å². The molecule has 2 unspecified atom stereocenters. The maximum absolute atomic E-state index is 11.6. The first-order valence-corrected chi connectivity index (χ1v) is 9.17. The topological polar surface area (TPSA) is 52.7 Å². The lowest BCUT2D eigenvalue weighted by Crippen LogP contribution is -2.44. The van der Waals surface area contributed by atoms with E-state index in [1.54, 1.807) is 4.31 Å². The largest absolute Gasteiger partial charge is 0.313 e. The number of rotatable bonds is 5. The quantitative estimate of drug-likeness (QED) is 0.793. The van der Waals surface area contributed by atoms with Gasteiger partial charge in [0, 0.05) is 32.2 Å². The van der Waals surface area contributed by atoms with Gasteiger partial charge in [0.15, 0.2) is 0 Å². The number of nitrogens with one attached hydrogen (secondary N) is 1. The van der Waals surface area contributed by atoms with Gasteiger partial charge in [-0.05, 0) is 45.2 Å². The van der Waals surface area contributed by atoms with Crippen LogP contribution in [-0.2, 0) is 10.0 Å². The van der Waals surface area contributed by atoms with Crippen molar-refractivity contribution in [3.63, 3.8) is 0 Å². The SMILES string of the molecule is CN(CC1CCCN(S(C)(=O)=O)C1)CC1CCCN1. The van der Waals surface area contributed by atoms with Crippen molar-refractivity contribution in [3.05, 3.63) is 0 Å². The Labute approximate surface area is 117 Å². The predicted molar refractivity (Wildman–Crippen MR) is 77.7 cm³/mol. The summed E-state index contributed by atoms with van der Waals surface area (Å²) in [6, 6.07) is 0.625. The van der Waals surface area contributed by atoms with E-state index in [0.717, 1.165) is 32.5 Å². The fourth-order valence-electron chi connectivity index (χ4n) is 3.28. The van der Waals surface area contributed by atoms with Crippen LogP contribution in [0.5, 0.6) is 0 Å². The Balaban J connectivity index is 1.78. The van der Waals surface area contributed by atoms with E-state index < -0.39 is 10.0 Å². The first-order valence-electron chi connectivity index (χ1n) is 7.32. The fourth-order valence-corrected chi connectivity index (χ4v) is 4.22. The number of hydrogen-bond acceptors (Lipinski definition) is 4. The molecule has 5 nitrogen and oxygen atoms in total. The highest BCUT2D eigenvalue weighted by molar-refractivity contribution is 7.88. The second-order valence-electron chi connectivity index (χ2n) is 6.14. The molecule has 2 fully saturated rings. The lowest BCUT2D eigenvalue weighted by molar-refractivity contribution is 0.192. The van der Waals surface area contributed by atoms with Gasteiger partial charge in [0.25, 0.3) is 0 Å². The Morgan fingerprint density at radius 1 is 1.26 bits per heavy atom. The van der Waals surface area contributed by atoms with Gasteiger partial charge in [0.1, 0.15) is 0 Å². The van der Waals surface area contributed by atoms with Crippen LogP contribution in [-0.4, -0.2) is 69.7 Å². The molecule has 1 N–H and O–H groups in total. The van der Waals surface area contributed by atoms with Crippen molar-refractivity contribution in [2.24, 2.45) is 5.92 Å². The normalized spacial score (nSPS) is 30.1. The van der Waals surface area contributed by atoms with Crippen LogP contribution in [0.25, 0.3) is 0 Å². The number of likely N-dealkylation sites (N-methyl/N-ethyl adjacent to an activating group) is 1. The molecule has 0 aromatic rings. The smallest absolute Gasteiger partial charge is 0.211 e. The van der Waals surface area contributed by atoms with Crippen molar-refractivity contribution in [1.82, 2.24) is 14.5 Å². The maximum atomic E-state index is 11.6. The van der Waals surface area contributed by atoms with Crippen molar-refractivity contribution in [2.75, 3.05) is 46.0 Å². The van der Waals surface area contributed by atoms with Gasteiger partial charge in [-0.25, -0.2) is 12.7 Å². The molecule has 0 aliphatic carbocycles. The van der Waals surface area contributed by atoms with Gasteiger partial charge < -0.3 is 10.2 Å². The maximum Gasteiger partial charge on any atom is 0.211 e. The average molecular weight is 289 g/mol. The summed E-state index contributed by atoms with van der Waals surface area (Å²) >= 11 is 0. The minimum absolute atomic E-state index is 0.481. The van der Waals surface area contributed by atoms with Gasteiger partial charge in [0.2, 0.25) is 10.0 Å². The lowest BCUT2D eigenvalue weighted by Gasteiger charge is -2.33. The Morgan fingerprint density at radius 3 is 2.68 bits per heavy atom. The zero-order chi connectivity index (χ0) is 13.9. The molecule has 2 aliphatic heterocycles. The second kappa shape index (κ2) is 6.52. The van der Waals surface area contributed by atoms with Gasteiger partial charge in [0.05, 0.1) is 6.26 Å². The van der Waals surface area contributed by atoms with Crippen molar-refractivity contribution >= 4 is 10.0 Å². The standard InChI is InChI=1S/C13H27N3O2S/c1-15(11-13-6-3-7-14-13)9-12-5-4-8-16(10-12)19(2,17)18/h12-14H,3-11H2,1-2H3. The van der Waals surface area contributed by atoms with Crippen molar-refractivity contribution < 1.29 is 8.42 Å². The second-order valence-corrected chi connectivity index (χ2v) is 8.13. The molecule has 0 saturated carbocycles. The zero-order valence-electron chi connectivity index (χ0n) is 12.1. The summed E-state index contributed by atoms with van der Waals surface area (Å²) < 4.78 is 24.8. The number of piperidine rings is 1. The summed E-state index contributed by atoms with van der Waals surface area (Å²) in [6.45, 7) is 4.62. The molecule has 2 saturated heterocycles. The molecule has 0 radical (unpaired) electrons. The Hall–Kier alpha value is -0.170. The molecule has 112 valence electrons. The summed E-state index contributed by atoms with van der Waals surface area (Å²) in [5.74, 6) is 0.481. The molecular weight excluding hydrogens is 262 g/mol. The van der Waals surface area contributed by atoms with E-state index >= 15 is 0 Å². The monoisotopic (exact) mass is 289 g/mol. The van der Waals surface area contributed by atoms with Crippen molar-refractivity contribution in [1.29, 1.82) is 0 Å². The predicted octanol–water partition coefficient (Wildman–Crippen LogP) is 0.342. The third-order valence-corrected chi connectivity index (χ3v) is 5.48. The number of sulfonamides is 1. The van der Waals surface area contributed by atoms with Crippen LogP contribution in [0, 0.1) is 5.92 Å². The molecule has 0 aromatic heterocycles. The molecule has 0 aromatic carbocycles. The molecule has 6 heteroatoms. The molecular formula is C13H27N3O2S. The van der Waals surface area contributed by atoms with E-state index in [4.69, 9.17) is 0 Å². The molecule has 2 rings (SSSR count). The van der Waals surface area contributed by atoms with Crippen LogP contribution in [0.3, 0.4) is 0 Å². The average Bonchev–Trinajstić information content (AvgIpc) is 2.80. The van der Waals surface area contributed by atoms with Gasteiger partial charge in [-0.3, -0.25) is 0 Å².